The predicted octanol–water partition coefficient (Wildman–Crippen LogP) is 4.62. The summed E-state index contributed by atoms with van der Waals surface area (Å²) in [7, 11) is 0. The van der Waals surface area contributed by atoms with Gasteiger partial charge in [0.1, 0.15) is 17.2 Å². The molecule has 2 N–H and O–H groups in total. The number of carbonyl (C=O) groups is 8. The minimum absolute atomic E-state index is 0.0151. The van der Waals surface area contributed by atoms with Gasteiger partial charge in [0.25, 0.3) is 23.6 Å². The van der Waals surface area contributed by atoms with Crippen LogP contribution in [0.4, 0.5) is 0 Å². The number of carboxylic acid groups (broad SMARTS) is 1. The van der Waals surface area contributed by atoms with Crippen LogP contribution in [0.25, 0.3) is 0 Å². The Morgan fingerprint density at radius 3 is 1.46 bits per heavy atom. The molecule has 0 aromatic rings. The van der Waals surface area contributed by atoms with E-state index in [4.69, 9.17) is 20.1 Å². The Balaban J connectivity index is 0.000000759. The number of ether oxygens (including phenoxy) is 2. The molecule has 1 fully saturated rings. The van der Waals surface area contributed by atoms with Crippen LogP contribution in [0, 0.1) is 5.53 Å². The average Bonchev–Trinajstić information content (AvgIpc) is 3.79. The van der Waals surface area contributed by atoms with Gasteiger partial charge in [-0.2, -0.15) is 5.53 Å². The molecule has 0 atom stereocenters. The summed E-state index contributed by atoms with van der Waals surface area (Å²) >= 11 is 4.55. The van der Waals surface area contributed by atoms with E-state index in [9.17, 15) is 38.4 Å². The van der Waals surface area contributed by atoms with E-state index in [1.165, 1.54) is 37.1 Å². The van der Waals surface area contributed by atoms with Gasteiger partial charge in [0.2, 0.25) is 0 Å². The fourth-order valence-electron chi connectivity index (χ4n) is 4.21. The quantitative estimate of drug-likeness (QED) is 0.0906. The minimum atomic E-state index is -0.915. The van der Waals surface area contributed by atoms with E-state index in [0.717, 1.165) is 23.0 Å². The maximum Gasteiger partial charge on any atom is 0.306 e. The summed E-state index contributed by atoms with van der Waals surface area (Å²) in [6.45, 7) is 7.88. The molecule has 3 heterocycles. The van der Waals surface area contributed by atoms with Crippen LogP contribution in [0.5, 0.6) is 0 Å². The number of Topliss-reactive ketones (excluding diaryl/α,β-unsaturated/α-hetero) is 2. The minimum Gasteiger partial charge on any atom is -0.481 e. The molecule has 0 saturated carbocycles. The molecule has 0 aromatic heterocycles. The molecular weight excluding hydrogens is 680 g/mol. The maximum absolute atomic E-state index is 11.7. The predicted molar refractivity (Wildman–Crippen MR) is 177 cm³/mol. The Morgan fingerprint density at radius 2 is 1.16 bits per heavy atom. The zero-order chi connectivity index (χ0) is 38.0. The fourth-order valence-corrected chi connectivity index (χ4v) is 4.24. The number of hydrogen-bond acceptors (Lipinski definition) is 12. The number of esters is 1. The molecular formula is C32H47ClN6O11. The summed E-state index contributed by atoms with van der Waals surface area (Å²) in [4.78, 5) is 91.9. The lowest BCUT2D eigenvalue weighted by Crippen LogP contribution is -2.31. The second-order valence-electron chi connectivity index (χ2n) is 11.9. The SMILES string of the molecule is C1CCOC1.CC(C)(C)OC(=O)CCCC(=O)CCCN1C(=O)C=CC1=O.N=NN=NCl.O=C(O)CCCC(=O)CCCN1C(=O)C=CC1=O. The van der Waals surface area contributed by atoms with Crippen LogP contribution in [0.1, 0.15) is 97.8 Å². The van der Waals surface area contributed by atoms with Gasteiger partial charge in [0.15, 0.2) is 0 Å². The zero-order valence-corrected chi connectivity index (χ0v) is 29.5. The Bertz CT molecular complexity index is 1230. The highest BCUT2D eigenvalue weighted by molar-refractivity contribution is 6.14. The topological polar surface area (TPSA) is 243 Å². The lowest BCUT2D eigenvalue weighted by molar-refractivity contribution is -0.155. The van der Waals surface area contributed by atoms with Crippen molar-refractivity contribution in [3.05, 3.63) is 24.3 Å². The Morgan fingerprint density at radius 1 is 0.760 bits per heavy atom. The molecule has 0 spiro atoms. The van der Waals surface area contributed by atoms with Crippen molar-refractivity contribution in [2.75, 3.05) is 26.3 Å². The highest BCUT2D eigenvalue weighted by Gasteiger charge is 2.24. The largest absolute Gasteiger partial charge is 0.481 e. The summed E-state index contributed by atoms with van der Waals surface area (Å²) < 4.78 is 12.7. The first-order valence-electron chi connectivity index (χ1n) is 16.1. The Hall–Kier alpha value is -4.51. The third-order valence-corrected chi connectivity index (χ3v) is 6.55. The molecule has 18 heteroatoms. The number of hydrogen-bond donors (Lipinski definition) is 2. The summed E-state index contributed by atoms with van der Waals surface area (Å²) in [5.74, 6) is -2.60. The molecule has 50 heavy (non-hydrogen) atoms. The summed E-state index contributed by atoms with van der Waals surface area (Å²) in [5, 5.41) is 13.5. The molecule has 0 unspecified atom stereocenters. The van der Waals surface area contributed by atoms with E-state index < -0.39 is 11.6 Å². The number of carbonyl (C=O) groups excluding carboxylic acids is 7. The number of aliphatic carboxylic acids is 1. The molecule has 278 valence electrons. The van der Waals surface area contributed by atoms with Crippen molar-refractivity contribution < 1.29 is 52.9 Å². The van der Waals surface area contributed by atoms with Gasteiger partial charge in [0.05, 0.1) is 11.8 Å². The average molecular weight is 727 g/mol. The van der Waals surface area contributed by atoms with Crippen molar-refractivity contribution in [2.45, 2.75) is 103 Å². The molecule has 17 nitrogen and oxygen atoms in total. The van der Waals surface area contributed by atoms with Crippen molar-refractivity contribution in [1.29, 1.82) is 5.53 Å². The first-order valence-corrected chi connectivity index (χ1v) is 16.4. The van der Waals surface area contributed by atoms with E-state index in [0.29, 0.717) is 38.5 Å². The number of halogens is 1. The van der Waals surface area contributed by atoms with Crippen molar-refractivity contribution in [3.63, 3.8) is 0 Å². The summed E-state index contributed by atoms with van der Waals surface area (Å²) in [6.07, 6.45) is 10.4. The van der Waals surface area contributed by atoms with Crippen LogP contribution in [0.3, 0.4) is 0 Å². The molecule has 3 aliphatic rings. The number of carboxylic acids is 1. The van der Waals surface area contributed by atoms with Gasteiger partial charge in [0, 0.05) is 89.1 Å². The van der Waals surface area contributed by atoms with Crippen LogP contribution >= 0.6 is 11.8 Å². The highest BCUT2D eigenvalue weighted by Crippen LogP contribution is 2.12. The van der Waals surface area contributed by atoms with Crippen LogP contribution in [-0.2, 0) is 47.8 Å². The number of nitrogens with one attached hydrogen (secondary N) is 1. The van der Waals surface area contributed by atoms with E-state index in [2.05, 4.69) is 26.9 Å². The van der Waals surface area contributed by atoms with Crippen molar-refractivity contribution in [3.8, 4) is 0 Å². The molecule has 3 aliphatic heterocycles. The normalized spacial score (nSPS) is 14.9. The second kappa shape index (κ2) is 26.4. The maximum atomic E-state index is 11.7. The fraction of sp³-hybridized carbons (Fsp3) is 0.625. The zero-order valence-electron chi connectivity index (χ0n) is 28.8. The van der Waals surface area contributed by atoms with Gasteiger partial charge in [-0.15, -0.1) is 0 Å². The van der Waals surface area contributed by atoms with Gasteiger partial charge in [-0.1, -0.05) is 4.63 Å². The van der Waals surface area contributed by atoms with E-state index in [-0.39, 0.29) is 79.9 Å². The third-order valence-electron chi connectivity index (χ3n) is 6.48. The van der Waals surface area contributed by atoms with Crippen LogP contribution < -0.4 is 0 Å². The number of ketones is 2. The lowest BCUT2D eigenvalue weighted by atomic mass is 10.1. The standard InChI is InChI=1S/C16H23NO5.C12H15NO5.C4H8O.ClHN4/c1-16(2,3)22-15(21)8-4-6-12(18)7-5-11-17-13(19)9-10-14(17)20;14-9(3-1-5-12(17)18)4-2-8-13-10(15)6-7-11(13)16;1-2-4-5-3-1;1-3-5-4-2/h9-10H,4-8,11H2,1-3H3;6-7H,1-5,8H2,(H,17,18);1-4H2;2H. The Labute approximate surface area is 296 Å². The molecule has 0 bridgehead atoms. The van der Waals surface area contributed by atoms with E-state index >= 15 is 0 Å². The molecule has 0 radical (unpaired) electrons. The molecule has 4 amide bonds. The van der Waals surface area contributed by atoms with Gasteiger partial charge < -0.3 is 14.6 Å². The molecule has 1 saturated heterocycles. The molecule has 0 aliphatic carbocycles. The van der Waals surface area contributed by atoms with E-state index in [1.807, 2.05) is 0 Å². The second-order valence-corrected chi connectivity index (χ2v) is 12.0. The van der Waals surface area contributed by atoms with Crippen molar-refractivity contribution >= 4 is 58.9 Å². The van der Waals surface area contributed by atoms with Crippen LogP contribution in [-0.4, -0.2) is 93.9 Å². The van der Waals surface area contributed by atoms with Gasteiger partial charge in [-0.3, -0.25) is 48.2 Å². The smallest absolute Gasteiger partial charge is 0.306 e. The highest BCUT2D eigenvalue weighted by atomic mass is 35.5. The van der Waals surface area contributed by atoms with Crippen molar-refractivity contribution in [1.82, 2.24) is 9.80 Å². The van der Waals surface area contributed by atoms with Gasteiger partial charge in [-0.25, -0.2) is 0 Å². The first-order chi connectivity index (χ1) is 23.6. The van der Waals surface area contributed by atoms with Crippen molar-refractivity contribution in [2.24, 2.45) is 15.1 Å². The summed E-state index contributed by atoms with van der Waals surface area (Å²) in [5.41, 5.74) is 5.37. The molecule has 0 aromatic carbocycles. The van der Waals surface area contributed by atoms with Crippen LogP contribution in [0.2, 0.25) is 0 Å². The molecule has 3 rings (SSSR count). The first kappa shape index (κ1) is 45.5. The van der Waals surface area contributed by atoms with Gasteiger partial charge in [-0.05, 0) is 69.7 Å². The number of nitrogens with zero attached hydrogens (tertiary/aromatic N) is 5. The monoisotopic (exact) mass is 726 g/mol. The summed E-state index contributed by atoms with van der Waals surface area (Å²) in [6, 6.07) is 0. The Kier molecular flexibility index (Phi) is 24.0. The van der Waals surface area contributed by atoms with Gasteiger partial charge >= 0.3 is 11.9 Å². The number of amides is 4. The number of imide groups is 2. The third kappa shape index (κ3) is 23.8. The lowest BCUT2D eigenvalue weighted by Gasteiger charge is -2.19. The number of rotatable bonds is 17. The van der Waals surface area contributed by atoms with Crippen LogP contribution in [0.15, 0.2) is 39.4 Å². The van der Waals surface area contributed by atoms with E-state index in [1.54, 1.807) is 20.8 Å².